The maximum atomic E-state index is 6.78. The first-order valence-electron chi connectivity index (χ1n) is 39.9. The molecule has 14 nitrogen and oxygen atoms in total. The fourth-order valence-electron chi connectivity index (χ4n) is 13.1. The lowest BCUT2D eigenvalue weighted by atomic mass is 10.1. The van der Waals surface area contributed by atoms with Crippen molar-refractivity contribution >= 4 is 12.6 Å². The average molecular weight is 1610 g/mol. The Hall–Kier alpha value is -14.2. The SMILES string of the molecule is SCc1cc(OCc2cc(OCc3cc(OCc4ccccc4)cc(OCc4ccccc4)c3)cc(OCc3cc(OCc4ccccc4)cc(OCc4ccccc4)c3)c2)cc(OCc2cc(OCc3cc(OCc4ccccc4)cc(OCc4ccccc4)c3)cc(OCc3cc(OCc4ccccc4)cc(OCc4ccccc4)c3)c2)c1. The van der Waals surface area contributed by atoms with E-state index in [4.69, 9.17) is 78.9 Å². The second kappa shape index (κ2) is 42.6. The van der Waals surface area contributed by atoms with Gasteiger partial charge < -0.3 is 66.3 Å². The van der Waals surface area contributed by atoms with Crippen molar-refractivity contribution in [2.24, 2.45) is 0 Å². The van der Waals surface area contributed by atoms with Crippen LogP contribution in [0.5, 0.6) is 80.5 Å². The van der Waals surface area contributed by atoms with Gasteiger partial charge in [-0.05, 0) is 168 Å². The Bertz CT molecular complexity index is 4770. The smallest absolute Gasteiger partial charge is 0.123 e. The van der Waals surface area contributed by atoms with Crippen LogP contribution < -0.4 is 66.3 Å². The Morgan fingerprint density at radius 2 is 0.217 bits per heavy atom. The lowest BCUT2D eigenvalue weighted by Crippen LogP contribution is -2.04. The molecule has 15 aromatic carbocycles. The van der Waals surface area contributed by atoms with Crippen LogP contribution in [0.25, 0.3) is 0 Å². The number of benzene rings is 15. The van der Waals surface area contributed by atoms with E-state index in [9.17, 15) is 0 Å². The zero-order chi connectivity index (χ0) is 81.4. The summed E-state index contributed by atoms with van der Waals surface area (Å²) >= 11 is 4.79. The van der Waals surface area contributed by atoms with Gasteiger partial charge in [0.1, 0.15) is 173 Å². The lowest BCUT2D eigenvalue weighted by molar-refractivity contribution is 0.270. The van der Waals surface area contributed by atoms with Gasteiger partial charge in [-0.3, -0.25) is 0 Å². The van der Waals surface area contributed by atoms with Gasteiger partial charge in [-0.15, -0.1) is 0 Å². The molecule has 0 spiro atoms. The van der Waals surface area contributed by atoms with Crippen LogP contribution in [0.15, 0.2) is 370 Å². The van der Waals surface area contributed by atoms with Gasteiger partial charge in [-0.1, -0.05) is 243 Å². The number of ether oxygens (including phenoxy) is 14. The molecule has 0 N–H and O–H groups in total. The van der Waals surface area contributed by atoms with Crippen molar-refractivity contribution in [2.45, 2.75) is 98.2 Å². The molecule has 0 aliphatic carbocycles. The summed E-state index contributed by atoms with van der Waals surface area (Å²) in [5, 5.41) is 0. The quantitative estimate of drug-likeness (QED) is 0.0364. The van der Waals surface area contributed by atoms with Crippen molar-refractivity contribution in [1.82, 2.24) is 0 Å². The number of thiol groups is 1. The summed E-state index contributed by atoms with van der Waals surface area (Å²) in [6.45, 7) is 3.87. The van der Waals surface area contributed by atoms with E-state index in [0.717, 1.165) is 83.5 Å². The van der Waals surface area contributed by atoms with E-state index in [1.807, 2.05) is 370 Å². The summed E-state index contributed by atoms with van der Waals surface area (Å²) in [5.41, 5.74) is 14.1. The van der Waals surface area contributed by atoms with E-state index in [1.54, 1.807) is 0 Å². The lowest BCUT2D eigenvalue weighted by Gasteiger charge is -2.17. The van der Waals surface area contributed by atoms with Crippen LogP contribution in [0.2, 0.25) is 0 Å². The first kappa shape index (κ1) is 81.0. The molecule has 120 heavy (non-hydrogen) atoms. The zero-order valence-corrected chi connectivity index (χ0v) is 67.4. The number of rotatable bonds is 43. The van der Waals surface area contributed by atoms with Crippen LogP contribution in [0.4, 0.5) is 0 Å². The summed E-state index contributed by atoms with van der Waals surface area (Å²) in [7, 11) is 0. The maximum absolute atomic E-state index is 6.78. The first-order chi connectivity index (χ1) is 59.2. The second-order valence-corrected chi connectivity index (χ2v) is 29.1. The Morgan fingerprint density at radius 1 is 0.117 bits per heavy atom. The van der Waals surface area contributed by atoms with Crippen molar-refractivity contribution in [3.8, 4) is 80.5 Å². The van der Waals surface area contributed by atoms with Gasteiger partial charge in [-0.25, -0.2) is 0 Å². The third-order valence-corrected chi connectivity index (χ3v) is 19.5. The molecular weight excluding hydrogens is 1520 g/mol. The van der Waals surface area contributed by atoms with Crippen molar-refractivity contribution in [3.63, 3.8) is 0 Å². The van der Waals surface area contributed by atoms with Crippen LogP contribution in [0.1, 0.15) is 83.5 Å². The summed E-state index contributed by atoms with van der Waals surface area (Å²) in [5.74, 6) is 8.82. The topological polar surface area (TPSA) is 129 Å². The minimum absolute atomic E-state index is 0.120. The molecule has 0 aromatic heterocycles. The minimum Gasteiger partial charge on any atom is -0.489 e. The highest BCUT2D eigenvalue weighted by Gasteiger charge is 2.17. The fourth-order valence-corrected chi connectivity index (χ4v) is 13.3. The second-order valence-electron chi connectivity index (χ2n) is 28.8. The third-order valence-electron chi connectivity index (χ3n) is 19.2. The summed E-state index contributed by atoms with van der Waals surface area (Å²) in [4.78, 5) is 0. The van der Waals surface area contributed by atoms with Gasteiger partial charge in [0.25, 0.3) is 0 Å². The van der Waals surface area contributed by atoms with Crippen molar-refractivity contribution in [1.29, 1.82) is 0 Å². The van der Waals surface area contributed by atoms with E-state index < -0.39 is 0 Å². The van der Waals surface area contributed by atoms with E-state index in [0.29, 0.717) is 139 Å². The molecule has 0 aliphatic rings. The number of hydrogen-bond acceptors (Lipinski definition) is 15. The number of hydrogen-bond donors (Lipinski definition) is 1. The predicted octanol–water partition coefficient (Wildman–Crippen LogP) is 24.2. The molecular formula is C105H92O14S. The largest absolute Gasteiger partial charge is 0.489 e. The molecule has 0 saturated heterocycles. The van der Waals surface area contributed by atoms with Crippen molar-refractivity contribution in [3.05, 3.63) is 454 Å². The minimum atomic E-state index is 0.120. The molecule has 0 saturated carbocycles. The molecule has 0 heterocycles. The highest BCUT2D eigenvalue weighted by atomic mass is 32.1. The van der Waals surface area contributed by atoms with E-state index in [1.165, 1.54) is 0 Å². The van der Waals surface area contributed by atoms with Gasteiger partial charge in [-0.2, -0.15) is 12.6 Å². The molecule has 0 bridgehead atoms. The Kier molecular flexibility index (Phi) is 28.8. The molecule has 0 unspecified atom stereocenters. The molecule has 0 radical (unpaired) electrons. The van der Waals surface area contributed by atoms with Gasteiger partial charge in [0.2, 0.25) is 0 Å². The van der Waals surface area contributed by atoms with Crippen LogP contribution in [0.3, 0.4) is 0 Å². The Balaban J connectivity index is 0.697. The highest BCUT2D eigenvalue weighted by Crippen LogP contribution is 2.36. The van der Waals surface area contributed by atoms with Crippen LogP contribution >= 0.6 is 12.6 Å². The molecule has 15 rings (SSSR count). The summed E-state index contributed by atoms with van der Waals surface area (Å²) in [6.07, 6.45) is 0. The normalized spacial score (nSPS) is 10.9. The van der Waals surface area contributed by atoms with Gasteiger partial charge in [0, 0.05) is 48.2 Å². The molecule has 0 aliphatic heterocycles. The fraction of sp³-hybridized carbons (Fsp3) is 0.143. The van der Waals surface area contributed by atoms with Gasteiger partial charge in [0.15, 0.2) is 0 Å². The van der Waals surface area contributed by atoms with Crippen molar-refractivity contribution in [2.75, 3.05) is 0 Å². The van der Waals surface area contributed by atoms with Crippen molar-refractivity contribution < 1.29 is 66.3 Å². The summed E-state index contributed by atoms with van der Waals surface area (Å²) in [6, 6.07) is 121. The Morgan fingerprint density at radius 3 is 0.325 bits per heavy atom. The molecule has 0 fully saturated rings. The van der Waals surface area contributed by atoms with Crippen LogP contribution in [-0.2, 0) is 98.2 Å². The predicted molar refractivity (Wildman–Crippen MR) is 470 cm³/mol. The van der Waals surface area contributed by atoms with E-state index >= 15 is 0 Å². The average Bonchev–Trinajstić information content (AvgIpc) is 0.847. The maximum Gasteiger partial charge on any atom is 0.123 e. The molecule has 0 atom stereocenters. The molecule has 15 heteroatoms. The standard InChI is InChI=1S/C105H92O14S/c120-76-91-53-104(118-74-89-49-100(114-70-85-41-92(106-62-77-25-9-1-10-26-77)55-93(42-85)107-63-78-27-11-2-12-28-78)59-101(50-89)115-71-86-43-94(108-64-79-29-13-3-14-30-79)56-95(44-86)109-65-80-31-15-4-16-32-80)61-105(54-91)119-75-90-51-102(116-72-87-45-96(110-66-81-33-17-5-18-34-81)57-97(46-87)111-67-82-35-19-6-20-36-82)60-103(52-90)117-73-88-47-98(112-68-83-37-21-7-22-38-83)58-99(48-88)113-69-84-39-23-8-24-40-84/h1-61,120H,62-76H2. The van der Waals surface area contributed by atoms with Gasteiger partial charge >= 0.3 is 0 Å². The van der Waals surface area contributed by atoms with Crippen LogP contribution in [-0.4, -0.2) is 0 Å². The Labute approximate surface area is 706 Å². The van der Waals surface area contributed by atoms with Gasteiger partial charge in [0.05, 0.1) is 0 Å². The zero-order valence-electron chi connectivity index (χ0n) is 66.5. The first-order valence-corrected chi connectivity index (χ1v) is 40.6. The molecule has 602 valence electrons. The third kappa shape index (κ3) is 25.9. The van der Waals surface area contributed by atoms with E-state index in [-0.39, 0.29) is 39.6 Å². The molecule has 0 amide bonds. The monoisotopic (exact) mass is 1610 g/mol. The summed E-state index contributed by atoms with van der Waals surface area (Å²) < 4.78 is 92.0. The highest BCUT2D eigenvalue weighted by molar-refractivity contribution is 7.79. The van der Waals surface area contributed by atoms with E-state index in [2.05, 4.69) is 0 Å². The van der Waals surface area contributed by atoms with Crippen LogP contribution in [0, 0.1) is 0 Å². The molecule has 15 aromatic rings.